The minimum atomic E-state index is -0.701. The van der Waals surface area contributed by atoms with Crippen molar-refractivity contribution >= 4 is 11.4 Å². The highest BCUT2D eigenvalue weighted by Gasteiger charge is 2.20. The molecular formula is C17H17N3O3. The predicted octanol–water partition coefficient (Wildman–Crippen LogP) is 2.87. The van der Waals surface area contributed by atoms with E-state index in [2.05, 4.69) is 5.32 Å². The molecule has 6 nitrogen and oxygen atoms in total. The Hall–Kier alpha value is -2.91. The van der Waals surface area contributed by atoms with Crippen LogP contribution >= 0.6 is 0 Å². The number of benzene rings is 2. The summed E-state index contributed by atoms with van der Waals surface area (Å²) in [7, 11) is 0. The molecule has 0 heterocycles. The third kappa shape index (κ3) is 4.28. The van der Waals surface area contributed by atoms with Gasteiger partial charge in [0.05, 0.1) is 22.7 Å². The fraction of sp³-hybridized carbons (Fsp3) is 0.235. The molecule has 2 N–H and O–H groups in total. The molecule has 0 aromatic heterocycles. The van der Waals surface area contributed by atoms with E-state index in [1.807, 2.05) is 36.4 Å². The number of aliphatic hydroxyl groups is 1. The first-order chi connectivity index (χ1) is 11.0. The van der Waals surface area contributed by atoms with Gasteiger partial charge in [0.25, 0.3) is 5.69 Å². The fourth-order valence-electron chi connectivity index (χ4n) is 2.25. The highest BCUT2D eigenvalue weighted by atomic mass is 16.6. The summed E-state index contributed by atoms with van der Waals surface area (Å²) < 4.78 is 0. The maximum absolute atomic E-state index is 11.1. The van der Waals surface area contributed by atoms with E-state index >= 15 is 0 Å². The number of rotatable bonds is 6. The van der Waals surface area contributed by atoms with E-state index in [0.29, 0.717) is 6.42 Å². The molecule has 2 aromatic carbocycles. The molecule has 0 spiro atoms. The molecule has 0 aliphatic carbocycles. The van der Waals surface area contributed by atoms with Gasteiger partial charge in [-0.1, -0.05) is 30.3 Å². The summed E-state index contributed by atoms with van der Waals surface area (Å²) in [5, 5.41) is 33.2. The molecule has 23 heavy (non-hydrogen) atoms. The van der Waals surface area contributed by atoms with Gasteiger partial charge in [0.2, 0.25) is 0 Å². The second-order valence-electron chi connectivity index (χ2n) is 5.29. The topological polar surface area (TPSA) is 99.2 Å². The molecule has 2 atom stereocenters. The van der Waals surface area contributed by atoms with Crippen LogP contribution in [0.4, 0.5) is 11.4 Å². The Morgan fingerprint density at radius 3 is 2.61 bits per heavy atom. The number of hydrogen-bond acceptors (Lipinski definition) is 5. The number of nitro groups is 1. The van der Waals surface area contributed by atoms with Crippen LogP contribution in [0.25, 0.3) is 0 Å². The standard InChI is InChI=1S/C17H17N3O3/c1-12(17(21)10-13-5-3-2-4-6-13)19-15-8-7-14(11-18)9-16(15)20(22)23/h2-9,12,17,19,21H,10H2,1H3. The van der Waals surface area contributed by atoms with Crippen molar-refractivity contribution in [2.45, 2.75) is 25.5 Å². The van der Waals surface area contributed by atoms with Crippen LogP contribution in [0.1, 0.15) is 18.1 Å². The van der Waals surface area contributed by atoms with Crippen LogP contribution in [0, 0.1) is 21.4 Å². The smallest absolute Gasteiger partial charge is 0.293 e. The first-order valence-electron chi connectivity index (χ1n) is 7.18. The molecule has 0 aliphatic rings. The molecule has 0 saturated carbocycles. The number of nitrogens with one attached hydrogen (secondary N) is 1. The molecule has 2 rings (SSSR count). The predicted molar refractivity (Wildman–Crippen MR) is 87.0 cm³/mol. The van der Waals surface area contributed by atoms with Crippen molar-refractivity contribution in [3.05, 3.63) is 69.8 Å². The van der Waals surface area contributed by atoms with Crippen LogP contribution in [-0.4, -0.2) is 22.2 Å². The average molecular weight is 311 g/mol. The van der Waals surface area contributed by atoms with Crippen molar-refractivity contribution in [3.8, 4) is 6.07 Å². The summed E-state index contributed by atoms with van der Waals surface area (Å²) in [4.78, 5) is 10.6. The van der Waals surface area contributed by atoms with Crippen LogP contribution in [-0.2, 0) is 6.42 Å². The van der Waals surface area contributed by atoms with Crippen LogP contribution in [0.15, 0.2) is 48.5 Å². The average Bonchev–Trinajstić information content (AvgIpc) is 2.55. The van der Waals surface area contributed by atoms with Gasteiger partial charge in [0, 0.05) is 18.5 Å². The number of nitrogens with zero attached hydrogens (tertiary/aromatic N) is 2. The Morgan fingerprint density at radius 1 is 1.30 bits per heavy atom. The first kappa shape index (κ1) is 16.5. The fourth-order valence-corrected chi connectivity index (χ4v) is 2.25. The second-order valence-corrected chi connectivity index (χ2v) is 5.29. The molecule has 0 aliphatic heterocycles. The highest BCUT2D eigenvalue weighted by Crippen LogP contribution is 2.26. The van der Waals surface area contributed by atoms with Crippen molar-refractivity contribution < 1.29 is 10.0 Å². The monoisotopic (exact) mass is 311 g/mol. The zero-order valence-electron chi connectivity index (χ0n) is 12.6. The highest BCUT2D eigenvalue weighted by molar-refractivity contribution is 5.64. The van der Waals surface area contributed by atoms with E-state index in [1.165, 1.54) is 18.2 Å². The molecule has 2 unspecified atom stereocenters. The van der Waals surface area contributed by atoms with Gasteiger partial charge in [0.15, 0.2) is 0 Å². The third-order valence-electron chi connectivity index (χ3n) is 3.57. The van der Waals surface area contributed by atoms with Gasteiger partial charge in [-0.25, -0.2) is 0 Å². The summed E-state index contributed by atoms with van der Waals surface area (Å²) in [6.07, 6.45) is -0.258. The quantitative estimate of drug-likeness (QED) is 0.631. The molecule has 118 valence electrons. The Bertz CT molecular complexity index is 726. The molecule has 0 fully saturated rings. The zero-order chi connectivity index (χ0) is 16.8. The maximum atomic E-state index is 11.1. The first-order valence-corrected chi connectivity index (χ1v) is 7.18. The van der Waals surface area contributed by atoms with E-state index in [-0.39, 0.29) is 23.0 Å². The summed E-state index contributed by atoms with van der Waals surface area (Å²) >= 11 is 0. The van der Waals surface area contributed by atoms with Gasteiger partial charge in [-0.2, -0.15) is 5.26 Å². The van der Waals surface area contributed by atoms with Crippen molar-refractivity contribution in [2.75, 3.05) is 5.32 Å². The lowest BCUT2D eigenvalue weighted by atomic mass is 10.0. The van der Waals surface area contributed by atoms with Crippen molar-refractivity contribution in [2.24, 2.45) is 0 Å². The Labute approximate surface area is 134 Å². The summed E-state index contributed by atoms with van der Waals surface area (Å²) in [6.45, 7) is 1.76. The molecule has 0 radical (unpaired) electrons. The largest absolute Gasteiger partial charge is 0.391 e. The molecule has 0 bridgehead atoms. The van der Waals surface area contributed by atoms with Crippen LogP contribution in [0.5, 0.6) is 0 Å². The van der Waals surface area contributed by atoms with Crippen LogP contribution < -0.4 is 5.32 Å². The molecule has 0 amide bonds. The van der Waals surface area contributed by atoms with E-state index in [0.717, 1.165) is 5.56 Å². The van der Waals surface area contributed by atoms with Crippen LogP contribution in [0.3, 0.4) is 0 Å². The Morgan fingerprint density at radius 2 is 2.00 bits per heavy atom. The summed E-state index contributed by atoms with van der Waals surface area (Å²) in [6, 6.07) is 15.2. The maximum Gasteiger partial charge on any atom is 0.293 e. The lowest BCUT2D eigenvalue weighted by Gasteiger charge is -2.21. The van der Waals surface area contributed by atoms with Gasteiger partial charge in [-0.05, 0) is 24.6 Å². The lowest BCUT2D eigenvalue weighted by Crippen LogP contribution is -2.32. The van der Waals surface area contributed by atoms with Gasteiger partial charge < -0.3 is 10.4 Å². The molecule has 0 saturated heterocycles. The normalized spacial score (nSPS) is 12.9. The molecular weight excluding hydrogens is 294 g/mol. The number of anilines is 1. The van der Waals surface area contributed by atoms with Crippen LogP contribution in [0.2, 0.25) is 0 Å². The third-order valence-corrected chi connectivity index (χ3v) is 3.57. The van der Waals surface area contributed by atoms with E-state index in [4.69, 9.17) is 5.26 Å². The van der Waals surface area contributed by atoms with Gasteiger partial charge in [-0.3, -0.25) is 10.1 Å². The van der Waals surface area contributed by atoms with Crippen molar-refractivity contribution in [1.82, 2.24) is 0 Å². The van der Waals surface area contributed by atoms with E-state index in [9.17, 15) is 15.2 Å². The van der Waals surface area contributed by atoms with Gasteiger partial charge in [0.1, 0.15) is 5.69 Å². The molecule has 6 heteroatoms. The summed E-state index contributed by atoms with van der Waals surface area (Å²) in [5.41, 5.74) is 1.32. The van der Waals surface area contributed by atoms with E-state index < -0.39 is 11.0 Å². The van der Waals surface area contributed by atoms with Crippen molar-refractivity contribution in [3.63, 3.8) is 0 Å². The van der Waals surface area contributed by atoms with Gasteiger partial charge >= 0.3 is 0 Å². The zero-order valence-corrected chi connectivity index (χ0v) is 12.6. The van der Waals surface area contributed by atoms with Crippen molar-refractivity contribution in [1.29, 1.82) is 5.26 Å². The lowest BCUT2D eigenvalue weighted by molar-refractivity contribution is -0.384. The Balaban J connectivity index is 2.12. The van der Waals surface area contributed by atoms with Gasteiger partial charge in [-0.15, -0.1) is 0 Å². The number of aliphatic hydroxyl groups excluding tert-OH is 1. The Kier molecular flexibility index (Phi) is 5.28. The SMILES string of the molecule is CC(Nc1ccc(C#N)cc1[N+](=O)[O-])C(O)Cc1ccccc1. The minimum Gasteiger partial charge on any atom is -0.391 e. The van der Waals surface area contributed by atoms with E-state index in [1.54, 1.807) is 6.92 Å². The number of nitriles is 1. The molecule has 2 aromatic rings. The minimum absolute atomic E-state index is 0.178. The summed E-state index contributed by atoms with van der Waals surface area (Å²) in [5.74, 6) is 0. The second kappa shape index (κ2) is 7.38. The number of hydrogen-bond donors (Lipinski definition) is 2. The number of nitro benzene ring substituents is 1.